The van der Waals surface area contributed by atoms with Crippen molar-refractivity contribution in [3.8, 4) is 11.5 Å². The summed E-state index contributed by atoms with van der Waals surface area (Å²) in [7, 11) is 0. The van der Waals surface area contributed by atoms with E-state index in [0.717, 1.165) is 43.7 Å². The van der Waals surface area contributed by atoms with E-state index in [4.69, 9.17) is 16.0 Å². The molecule has 4 rings (SSSR count). The van der Waals surface area contributed by atoms with Gasteiger partial charge in [0.15, 0.2) is 0 Å². The molecule has 124 valence electrons. The normalized spacial score (nSPS) is 16.5. The molecule has 1 N–H and O–H groups in total. The summed E-state index contributed by atoms with van der Waals surface area (Å²) in [6.07, 6.45) is 5.87. The molecule has 0 spiro atoms. The van der Waals surface area contributed by atoms with Gasteiger partial charge in [-0.3, -0.25) is 10.00 Å². The highest BCUT2D eigenvalue weighted by atomic mass is 35.5. The molecule has 0 radical (unpaired) electrons. The van der Waals surface area contributed by atoms with E-state index in [1.807, 2.05) is 30.5 Å². The Balaban J connectivity index is 1.36. The molecule has 3 heterocycles. The average Bonchev–Trinajstić information content (AvgIpc) is 3.28. The van der Waals surface area contributed by atoms with Gasteiger partial charge in [0.25, 0.3) is 0 Å². The molecule has 5 nitrogen and oxygen atoms in total. The van der Waals surface area contributed by atoms with Crippen LogP contribution < -0.4 is 0 Å². The largest absolute Gasteiger partial charge is 0.444 e. The Morgan fingerprint density at radius 2 is 1.96 bits per heavy atom. The van der Waals surface area contributed by atoms with Gasteiger partial charge in [-0.15, -0.1) is 0 Å². The molecular formula is C18H19ClN4O. The minimum atomic E-state index is 0.589. The zero-order valence-corrected chi connectivity index (χ0v) is 14.0. The van der Waals surface area contributed by atoms with Gasteiger partial charge in [0, 0.05) is 34.9 Å². The van der Waals surface area contributed by atoms with E-state index >= 15 is 0 Å². The summed E-state index contributed by atoms with van der Waals surface area (Å²) < 4.78 is 5.62. The molecule has 1 aliphatic heterocycles. The number of nitrogens with one attached hydrogen (secondary N) is 1. The van der Waals surface area contributed by atoms with Crippen molar-refractivity contribution in [3.05, 3.63) is 59.2 Å². The maximum absolute atomic E-state index is 5.92. The van der Waals surface area contributed by atoms with Crippen molar-refractivity contribution in [1.29, 1.82) is 0 Å². The number of halogens is 1. The van der Waals surface area contributed by atoms with Crippen LogP contribution in [0.5, 0.6) is 0 Å². The van der Waals surface area contributed by atoms with Crippen LogP contribution in [-0.2, 0) is 6.54 Å². The van der Waals surface area contributed by atoms with E-state index < -0.39 is 0 Å². The number of aromatic amines is 1. The van der Waals surface area contributed by atoms with Crippen molar-refractivity contribution in [3.63, 3.8) is 0 Å². The molecule has 1 aromatic carbocycles. The van der Waals surface area contributed by atoms with Gasteiger partial charge in [-0.1, -0.05) is 11.6 Å². The lowest BCUT2D eigenvalue weighted by atomic mass is 9.94. The van der Waals surface area contributed by atoms with Gasteiger partial charge in [-0.2, -0.15) is 5.10 Å². The van der Waals surface area contributed by atoms with Crippen LogP contribution >= 0.6 is 11.6 Å². The summed E-state index contributed by atoms with van der Waals surface area (Å²) in [5.74, 6) is 1.24. The zero-order chi connectivity index (χ0) is 16.4. The Labute approximate surface area is 145 Å². The molecule has 6 heteroatoms. The highest BCUT2D eigenvalue weighted by Gasteiger charge is 2.22. The van der Waals surface area contributed by atoms with Crippen molar-refractivity contribution in [2.45, 2.75) is 25.3 Å². The average molecular weight is 343 g/mol. The molecule has 0 aliphatic carbocycles. The van der Waals surface area contributed by atoms with Gasteiger partial charge in [-0.05, 0) is 56.3 Å². The number of rotatable bonds is 4. The summed E-state index contributed by atoms with van der Waals surface area (Å²) >= 11 is 5.92. The topological polar surface area (TPSA) is 58.0 Å². The van der Waals surface area contributed by atoms with Crippen LogP contribution in [0.15, 0.2) is 47.2 Å². The molecule has 1 saturated heterocycles. The number of hydrogen-bond acceptors (Lipinski definition) is 4. The molecule has 0 saturated carbocycles. The fraction of sp³-hybridized carbons (Fsp3) is 0.333. The molecule has 1 aliphatic rings. The second-order valence-corrected chi connectivity index (χ2v) is 6.65. The number of H-pyrrole nitrogens is 1. The van der Waals surface area contributed by atoms with Crippen LogP contribution in [-0.4, -0.2) is 33.2 Å². The second kappa shape index (κ2) is 6.79. The molecule has 2 aromatic heterocycles. The van der Waals surface area contributed by atoms with Crippen molar-refractivity contribution < 1.29 is 4.42 Å². The van der Waals surface area contributed by atoms with Gasteiger partial charge in [-0.25, -0.2) is 4.98 Å². The second-order valence-electron chi connectivity index (χ2n) is 6.21. The molecule has 1 fully saturated rings. The first-order valence-electron chi connectivity index (χ1n) is 8.20. The monoisotopic (exact) mass is 342 g/mol. The van der Waals surface area contributed by atoms with E-state index in [1.165, 1.54) is 5.69 Å². The van der Waals surface area contributed by atoms with E-state index in [2.05, 4.69) is 26.1 Å². The van der Waals surface area contributed by atoms with E-state index in [0.29, 0.717) is 16.8 Å². The summed E-state index contributed by atoms with van der Waals surface area (Å²) in [5, 5.41) is 7.86. The zero-order valence-electron chi connectivity index (χ0n) is 13.3. The number of benzene rings is 1. The van der Waals surface area contributed by atoms with Crippen molar-refractivity contribution in [1.82, 2.24) is 20.1 Å². The molecular weight excluding hydrogens is 324 g/mol. The summed E-state index contributed by atoms with van der Waals surface area (Å²) in [6, 6.07) is 9.63. The third-order valence-electron chi connectivity index (χ3n) is 4.58. The van der Waals surface area contributed by atoms with E-state index in [-0.39, 0.29) is 0 Å². The summed E-state index contributed by atoms with van der Waals surface area (Å²) in [6.45, 7) is 2.95. The molecule has 0 bridgehead atoms. The lowest BCUT2D eigenvalue weighted by molar-refractivity contribution is 0.201. The van der Waals surface area contributed by atoms with Crippen LogP contribution in [0.4, 0.5) is 0 Å². The molecule has 0 unspecified atom stereocenters. The third-order valence-corrected chi connectivity index (χ3v) is 4.83. The van der Waals surface area contributed by atoms with Crippen molar-refractivity contribution in [2.24, 2.45) is 0 Å². The lowest BCUT2D eigenvalue weighted by Crippen LogP contribution is -2.32. The number of aromatic nitrogens is 3. The summed E-state index contributed by atoms with van der Waals surface area (Å²) in [4.78, 5) is 7.03. The van der Waals surface area contributed by atoms with Gasteiger partial charge < -0.3 is 4.42 Å². The quantitative estimate of drug-likeness (QED) is 0.775. The predicted molar refractivity (Wildman–Crippen MR) is 92.8 cm³/mol. The van der Waals surface area contributed by atoms with Crippen LogP contribution in [0.2, 0.25) is 5.02 Å². The van der Waals surface area contributed by atoms with E-state index in [1.54, 1.807) is 6.26 Å². The minimum absolute atomic E-state index is 0.589. The lowest BCUT2D eigenvalue weighted by Gasteiger charge is -2.30. The maximum atomic E-state index is 5.92. The molecule has 24 heavy (non-hydrogen) atoms. The van der Waals surface area contributed by atoms with Crippen LogP contribution in [0, 0.1) is 0 Å². The molecule has 0 atom stereocenters. The first-order valence-corrected chi connectivity index (χ1v) is 8.58. The Morgan fingerprint density at radius 3 is 2.67 bits per heavy atom. The van der Waals surface area contributed by atoms with Gasteiger partial charge in [0.2, 0.25) is 5.89 Å². The Morgan fingerprint density at radius 1 is 1.17 bits per heavy atom. The Kier molecular flexibility index (Phi) is 4.36. The molecule has 0 amide bonds. The maximum Gasteiger partial charge on any atom is 0.226 e. The number of hydrogen-bond donors (Lipinski definition) is 1. The number of nitrogens with zero attached hydrogens (tertiary/aromatic N) is 3. The Hall–Kier alpha value is -2.11. The van der Waals surface area contributed by atoms with Gasteiger partial charge in [0.05, 0.1) is 5.69 Å². The van der Waals surface area contributed by atoms with Crippen molar-refractivity contribution >= 4 is 11.6 Å². The highest BCUT2D eigenvalue weighted by molar-refractivity contribution is 6.30. The third kappa shape index (κ3) is 3.37. The number of piperidine rings is 1. The SMILES string of the molecule is Clc1ccc(-c2nc(CN3CCC(c4ccn[nH]4)CC3)co2)cc1. The van der Waals surface area contributed by atoms with Gasteiger partial charge >= 0.3 is 0 Å². The van der Waals surface area contributed by atoms with Gasteiger partial charge in [0.1, 0.15) is 6.26 Å². The summed E-state index contributed by atoms with van der Waals surface area (Å²) in [5.41, 5.74) is 3.17. The highest BCUT2D eigenvalue weighted by Crippen LogP contribution is 2.27. The Bertz CT molecular complexity index is 774. The number of oxazole rings is 1. The predicted octanol–water partition coefficient (Wildman–Crippen LogP) is 4.10. The smallest absolute Gasteiger partial charge is 0.226 e. The minimum Gasteiger partial charge on any atom is -0.444 e. The first-order chi connectivity index (χ1) is 11.8. The van der Waals surface area contributed by atoms with Crippen LogP contribution in [0.1, 0.15) is 30.1 Å². The number of likely N-dealkylation sites (tertiary alicyclic amines) is 1. The molecule has 3 aromatic rings. The first kappa shape index (κ1) is 15.4. The van der Waals surface area contributed by atoms with Crippen molar-refractivity contribution in [2.75, 3.05) is 13.1 Å². The standard InChI is InChI=1S/C18H19ClN4O/c19-15-3-1-14(2-4-15)18-21-16(12-24-18)11-23-9-6-13(7-10-23)17-5-8-20-22-17/h1-5,8,12-13H,6-7,9-11H2,(H,20,22). The van der Waals surface area contributed by atoms with Crippen LogP contribution in [0.25, 0.3) is 11.5 Å². The van der Waals surface area contributed by atoms with E-state index in [9.17, 15) is 0 Å². The van der Waals surface area contributed by atoms with Crippen LogP contribution in [0.3, 0.4) is 0 Å². The fourth-order valence-electron chi connectivity index (χ4n) is 3.23. The fourth-order valence-corrected chi connectivity index (χ4v) is 3.36.